The number of methoxy groups -OCH3 is 1. The third kappa shape index (κ3) is 5.21. The van der Waals surface area contributed by atoms with Crippen LogP contribution in [0.15, 0.2) is 47.0 Å². The molecular weight excluding hydrogens is 389 g/mol. The third-order valence-corrected chi connectivity index (χ3v) is 4.44. The van der Waals surface area contributed by atoms with Gasteiger partial charge < -0.3 is 14.6 Å². The molecule has 8 heteroatoms. The Kier molecular flexibility index (Phi) is 6.32. The van der Waals surface area contributed by atoms with Gasteiger partial charge in [0.1, 0.15) is 5.75 Å². The Hall–Kier alpha value is -2.57. The molecule has 1 amide bonds. The summed E-state index contributed by atoms with van der Waals surface area (Å²) in [5, 5.41) is 7.83. The Morgan fingerprint density at radius 2 is 2.07 bits per heavy atom. The van der Waals surface area contributed by atoms with Crippen LogP contribution in [0, 0.1) is 0 Å². The Labute approximate surface area is 166 Å². The van der Waals surface area contributed by atoms with E-state index in [4.69, 9.17) is 32.5 Å². The molecule has 3 rings (SSSR count). The van der Waals surface area contributed by atoms with Crippen LogP contribution in [0.25, 0.3) is 11.4 Å². The lowest BCUT2D eigenvalue weighted by atomic mass is 10.2. The number of ether oxygens (including phenoxy) is 1. The zero-order valence-electron chi connectivity index (χ0n) is 14.5. The Morgan fingerprint density at radius 3 is 2.85 bits per heavy atom. The first-order valence-corrected chi connectivity index (χ1v) is 8.98. The number of hydrogen-bond donors (Lipinski definition) is 1. The summed E-state index contributed by atoms with van der Waals surface area (Å²) in [6, 6.07) is 12.5. The number of nitrogens with one attached hydrogen (secondary N) is 1. The largest absolute Gasteiger partial charge is 0.497 e. The van der Waals surface area contributed by atoms with Crippen LogP contribution in [0.3, 0.4) is 0 Å². The van der Waals surface area contributed by atoms with Gasteiger partial charge in [-0.2, -0.15) is 4.98 Å². The summed E-state index contributed by atoms with van der Waals surface area (Å²) in [6.45, 7) is 0.327. The van der Waals surface area contributed by atoms with Crippen molar-refractivity contribution in [3.63, 3.8) is 0 Å². The highest BCUT2D eigenvalue weighted by Gasteiger charge is 2.12. The molecule has 1 heterocycles. The first-order chi connectivity index (χ1) is 13.0. The van der Waals surface area contributed by atoms with E-state index in [1.54, 1.807) is 25.3 Å². The molecule has 140 valence electrons. The summed E-state index contributed by atoms with van der Waals surface area (Å²) in [5.41, 5.74) is 1.58. The monoisotopic (exact) mass is 405 g/mol. The van der Waals surface area contributed by atoms with Crippen LogP contribution in [0.4, 0.5) is 0 Å². The van der Waals surface area contributed by atoms with Crippen LogP contribution in [0.1, 0.15) is 17.9 Å². The van der Waals surface area contributed by atoms with Crippen molar-refractivity contribution in [3.8, 4) is 17.1 Å². The van der Waals surface area contributed by atoms with E-state index in [2.05, 4.69) is 15.5 Å². The van der Waals surface area contributed by atoms with Crippen molar-refractivity contribution in [1.29, 1.82) is 0 Å². The highest BCUT2D eigenvalue weighted by atomic mass is 35.5. The van der Waals surface area contributed by atoms with Gasteiger partial charge in [0, 0.05) is 35.0 Å². The second-order valence-electron chi connectivity index (χ2n) is 5.76. The van der Waals surface area contributed by atoms with E-state index in [9.17, 15) is 4.79 Å². The minimum Gasteiger partial charge on any atom is -0.497 e. The number of aromatic nitrogens is 2. The Balaban J connectivity index is 1.52. The maximum atomic E-state index is 12.0. The number of benzene rings is 2. The van der Waals surface area contributed by atoms with Gasteiger partial charge in [-0.1, -0.05) is 46.6 Å². The van der Waals surface area contributed by atoms with Gasteiger partial charge in [0.2, 0.25) is 17.6 Å². The van der Waals surface area contributed by atoms with Crippen LogP contribution in [0.2, 0.25) is 10.0 Å². The lowest BCUT2D eigenvalue weighted by Crippen LogP contribution is -2.23. The molecule has 1 aromatic heterocycles. The molecule has 27 heavy (non-hydrogen) atoms. The topological polar surface area (TPSA) is 77.2 Å². The normalized spacial score (nSPS) is 10.6. The zero-order chi connectivity index (χ0) is 19.2. The second kappa shape index (κ2) is 8.88. The molecule has 0 spiro atoms. The molecule has 0 aliphatic heterocycles. The first-order valence-electron chi connectivity index (χ1n) is 8.23. The van der Waals surface area contributed by atoms with E-state index in [1.165, 1.54) is 0 Å². The van der Waals surface area contributed by atoms with E-state index in [0.717, 1.165) is 11.1 Å². The van der Waals surface area contributed by atoms with Gasteiger partial charge in [0.15, 0.2) is 0 Å². The van der Waals surface area contributed by atoms with Crippen molar-refractivity contribution in [3.05, 3.63) is 64.0 Å². The van der Waals surface area contributed by atoms with Crippen molar-refractivity contribution in [2.45, 2.75) is 19.4 Å². The van der Waals surface area contributed by atoms with Gasteiger partial charge >= 0.3 is 0 Å². The molecule has 0 radical (unpaired) electrons. The molecule has 0 saturated carbocycles. The predicted octanol–water partition coefficient (Wildman–Crippen LogP) is 4.30. The number of hydrogen-bond acceptors (Lipinski definition) is 5. The maximum absolute atomic E-state index is 12.0. The van der Waals surface area contributed by atoms with Crippen molar-refractivity contribution in [2.24, 2.45) is 0 Å². The fourth-order valence-electron chi connectivity index (χ4n) is 2.40. The van der Waals surface area contributed by atoms with Gasteiger partial charge in [-0.25, -0.2) is 0 Å². The standard InChI is InChI=1S/C19H17Cl2N3O3/c1-26-15-4-2-3-12(9-15)19-23-18(27-24-19)8-7-17(25)22-11-13-5-6-14(20)10-16(13)21/h2-6,9-10H,7-8,11H2,1H3,(H,22,25). The minimum atomic E-state index is -0.137. The average Bonchev–Trinajstić information content (AvgIpc) is 3.15. The smallest absolute Gasteiger partial charge is 0.227 e. The highest BCUT2D eigenvalue weighted by molar-refractivity contribution is 6.35. The van der Waals surface area contributed by atoms with Gasteiger partial charge in [0.05, 0.1) is 7.11 Å². The number of carbonyl (C=O) groups is 1. The van der Waals surface area contributed by atoms with Crippen LogP contribution < -0.4 is 10.1 Å². The van der Waals surface area contributed by atoms with E-state index in [1.807, 2.05) is 24.3 Å². The van der Waals surface area contributed by atoms with E-state index in [0.29, 0.717) is 40.5 Å². The molecule has 2 aromatic carbocycles. The first kappa shape index (κ1) is 19.2. The van der Waals surface area contributed by atoms with Gasteiger partial charge in [-0.3, -0.25) is 4.79 Å². The molecule has 1 N–H and O–H groups in total. The van der Waals surface area contributed by atoms with E-state index >= 15 is 0 Å². The summed E-state index contributed by atoms with van der Waals surface area (Å²) in [6.07, 6.45) is 0.572. The van der Waals surface area contributed by atoms with Crippen LogP contribution in [-0.2, 0) is 17.8 Å². The summed E-state index contributed by atoms with van der Waals surface area (Å²) in [7, 11) is 1.59. The lowest BCUT2D eigenvalue weighted by Gasteiger charge is -2.06. The van der Waals surface area contributed by atoms with Crippen molar-refractivity contribution >= 4 is 29.1 Å². The molecular formula is C19H17Cl2N3O3. The number of aryl methyl sites for hydroxylation is 1. The molecule has 0 bridgehead atoms. The molecule has 3 aromatic rings. The zero-order valence-corrected chi connectivity index (χ0v) is 16.0. The highest BCUT2D eigenvalue weighted by Crippen LogP contribution is 2.22. The number of halogens is 2. The van der Waals surface area contributed by atoms with Crippen LogP contribution >= 0.6 is 23.2 Å². The summed E-state index contributed by atoms with van der Waals surface area (Å²) >= 11 is 11.9. The maximum Gasteiger partial charge on any atom is 0.227 e. The van der Waals surface area contributed by atoms with Crippen LogP contribution in [-0.4, -0.2) is 23.2 Å². The SMILES string of the molecule is COc1cccc(-c2noc(CCC(=O)NCc3ccc(Cl)cc3Cl)n2)c1. The Bertz CT molecular complexity index is 943. The number of carbonyl (C=O) groups excluding carboxylic acids is 1. The van der Waals surface area contributed by atoms with Gasteiger partial charge in [0.25, 0.3) is 0 Å². The molecule has 0 unspecified atom stereocenters. The number of rotatable bonds is 7. The molecule has 6 nitrogen and oxygen atoms in total. The summed E-state index contributed by atoms with van der Waals surface area (Å²) in [4.78, 5) is 16.4. The molecule has 0 saturated heterocycles. The fraction of sp³-hybridized carbons (Fsp3) is 0.211. The minimum absolute atomic E-state index is 0.137. The predicted molar refractivity (Wildman–Crippen MR) is 103 cm³/mol. The van der Waals surface area contributed by atoms with Crippen molar-refractivity contribution in [2.75, 3.05) is 7.11 Å². The van der Waals surface area contributed by atoms with Crippen molar-refractivity contribution in [1.82, 2.24) is 15.5 Å². The number of nitrogens with zero attached hydrogens (tertiary/aromatic N) is 2. The van der Waals surface area contributed by atoms with Crippen molar-refractivity contribution < 1.29 is 14.1 Å². The Morgan fingerprint density at radius 1 is 1.22 bits per heavy atom. The van der Waals surface area contributed by atoms with Gasteiger partial charge in [-0.05, 0) is 29.8 Å². The second-order valence-corrected chi connectivity index (χ2v) is 6.60. The average molecular weight is 406 g/mol. The van der Waals surface area contributed by atoms with E-state index in [-0.39, 0.29) is 12.3 Å². The lowest BCUT2D eigenvalue weighted by molar-refractivity contribution is -0.121. The van der Waals surface area contributed by atoms with Crippen LogP contribution in [0.5, 0.6) is 5.75 Å². The molecule has 0 atom stereocenters. The summed E-state index contributed by atoms with van der Waals surface area (Å²) < 4.78 is 10.4. The van der Waals surface area contributed by atoms with E-state index < -0.39 is 0 Å². The molecule has 0 aliphatic carbocycles. The molecule has 0 fully saturated rings. The third-order valence-electron chi connectivity index (χ3n) is 3.85. The molecule has 0 aliphatic rings. The quantitative estimate of drug-likeness (QED) is 0.633. The number of amides is 1. The fourth-order valence-corrected chi connectivity index (χ4v) is 2.88. The summed E-state index contributed by atoms with van der Waals surface area (Å²) in [5.74, 6) is 1.42. The van der Waals surface area contributed by atoms with Gasteiger partial charge in [-0.15, -0.1) is 0 Å².